The zero-order valence-corrected chi connectivity index (χ0v) is 9.70. The summed E-state index contributed by atoms with van der Waals surface area (Å²) in [5.41, 5.74) is 0.439. The molecule has 78 valence electrons. The Morgan fingerprint density at radius 2 is 2.36 bits per heavy atom. The maximum Gasteiger partial charge on any atom is 0.367 e. The second-order valence-electron chi connectivity index (χ2n) is 3.94. The van der Waals surface area contributed by atoms with Crippen molar-refractivity contribution in [3.05, 3.63) is 16.1 Å². The summed E-state index contributed by atoms with van der Waals surface area (Å²) in [6, 6.07) is 0. The number of esters is 1. The molecule has 1 aromatic rings. The fraction of sp³-hybridized carbons (Fsp3) is 0.600. The molecule has 0 amide bonds. The first kappa shape index (κ1) is 9.65. The van der Waals surface area contributed by atoms with Crippen LogP contribution in [0.25, 0.3) is 0 Å². The highest BCUT2D eigenvalue weighted by atomic mass is 32.1. The first-order valence-corrected chi connectivity index (χ1v) is 5.33. The summed E-state index contributed by atoms with van der Waals surface area (Å²) in [5.74, 6) is -0.438. The van der Waals surface area contributed by atoms with Crippen molar-refractivity contribution < 1.29 is 10.9 Å². The third-order valence-corrected chi connectivity index (χ3v) is 2.36. The maximum atomic E-state index is 11.4. The van der Waals surface area contributed by atoms with Gasteiger partial charge in [-0.05, 0) is 6.92 Å². The second kappa shape index (κ2) is 4.09. The topological polar surface area (TPSA) is 39.2 Å². The van der Waals surface area contributed by atoms with Crippen LogP contribution in [0.15, 0.2) is 5.36 Å². The average Bonchev–Trinajstić information content (AvgIpc) is 2.47. The molecule has 0 aliphatic carbocycles. The van der Waals surface area contributed by atoms with Crippen molar-refractivity contribution in [2.75, 3.05) is 6.61 Å². The zero-order chi connectivity index (χ0) is 11.6. The fourth-order valence-electron chi connectivity index (χ4n) is 0.845. The number of carbonyl (C=O) groups excluding carboxylic acids is 1. The molecule has 0 atom stereocenters. The summed E-state index contributed by atoms with van der Waals surface area (Å²) in [6.45, 7) is 7.98. The van der Waals surface area contributed by atoms with Crippen LogP contribution in [0.1, 0.15) is 44.6 Å². The summed E-state index contributed by atoms with van der Waals surface area (Å²) in [7, 11) is 0. The molecule has 0 radical (unpaired) electrons. The summed E-state index contributed by atoms with van der Waals surface area (Å²) >= 11 is 1.07. The molecule has 0 aromatic carbocycles. The molecule has 0 spiro atoms. The number of ether oxygens (including phenoxy) is 1. The Balaban J connectivity index is 3.01. The smallest absolute Gasteiger partial charge is 0.367 e. The van der Waals surface area contributed by atoms with E-state index < -0.39 is 5.97 Å². The van der Waals surface area contributed by atoms with Crippen LogP contribution in [-0.2, 0) is 10.2 Å². The van der Waals surface area contributed by atoms with E-state index in [1.54, 1.807) is 6.92 Å². The predicted molar refractivity (Wildman–Crippen MR) is 56.8 cm³/mol. The van der Waals surface area contributed by atoms with E-state index in [4.69, 9.17) is 6.11 Å². The second-order valence-corrected chi connectivity index (χ2v) is 4.74. The molecule has 0 unspecified atom stereocenters. The summed E-state index contributed by atoms with van der Waals surface area (Å²) < 4.78 is 12.6. The molecule has 0 bridgehead atoms. The molecule has 0 saturated heterocycles. The van der Waals surface area contributed by atoms with Gasteiger partial charge in [-0.25, -0.2) is 9.78 Å². The van der Waals surface area contributed by atoms with Crippen molar-refractivity contribution in [2.24, 2.45) is 0 Å². The van der Waals surface area contributed by atoms with Gasteiger partial charge in [0.1, 0.15) is 0 Å². The van der Waals surface area contributed by atoms with Gasteiger partial charge in [-0.15, -0.1) is 11.3 Å². The van der Waals surface area contributed by atoms with Crippen LogP contribution in [0.2, 0.25) is 0 Å². The average molecular weight is 214 g/mol. The molecule has 1 aromatic heterocycles. The van der Waals surface area contributed by atoms with Crippen molar-refractivity contribution in [1.82, 2.24) is 4.98 Å². The van der Waals surface area contributed by atoms with E-state index in [1.807, 2.05) is 20.8 Å². The minimum Gasteiger partial charge on any atom is -0.461 e. The highest BCUT2D eigenvalue weighted by Crippen LogP contribution is 2.24. The monoisotopic (exact) mass is 214 g/mol. The van der Waals surface area contributed by atoms with Crippen LogP contribution in [0.3, 0.4) is 0 Å². The van der Waals surface area contributed by atoms with Crippen LogP contribution in [0.5, 0.6) is 0 Å². The van der Waals surface area contributed by atoms with Gasteiger partial charge in [-0.2, -0.15) is 0 Å². The van der Waals surface area contributed by atoms with Crippen molar-refractivity contribution in [1.29, 1.82) is 0 Å². The molecule has 3 nitrogen and oxygen atoms in total. The van der Waals surface area contributed by atoms with Gasteiger partial charge in [-0.1, -0.05) is 20.8 Å². The maximum absolute atomic E-state index is 11.4. The predicted octanol–water partition coefficient (Wildman–Crippen LogP) is 2.62. The molecule has 0 aliphatic rings. The summed E-state index contributed by atoms with van der Waals surface area (Å²) in [5, 5.41) is 0.609. The standard InChI is InChI=1S/C10H15NO2S/c1-5-13-9(12)8-11-7(6-14-8)10(2,3)4/h6H,5H2,1-4H3/i6D. The lowest BCUT2D eigenvalue weighted by molar-refractivity contribution is 0.0525. The van der Waals surface area contributed by atoms with Gasteiger partial charge in [0, 0.05) is 10.8 Å². The number of aromatic nitrogens is 1. The molecule has 1 heterocycles. The highest BCUT2D eigenvalue weighted by Gasteiger charge is 2.20. The number of nitrogens with zero attached hydrogens (tertiary/aromatic N) is 1. The molecule has 4 heteroatoms. The third kappa shape index (κ3) is 2.54. The van der Waals surface area contributed by atoms with E-state index in [1.165, 1.54) is 0 Å². The summed E-state index contributed by atoms with van der Waals surface area (Å²) in [4.78, 5) is 15.5. The largest absolute Gasteiger partial charge is 0.461 e. The van der Waals surface area contributed by atoms with E-state index in [-0.39, 0.29) is 10.4 Å². The fourth-order valence-corrected chi connectivity index (χ4v) is 1.67. The third-order valence-electron chi connectivity index (χ3n) is 1.62. The molecule has 14 heavy (non-hydrogen) atoms. The van der Waals surface area contributed by atoms with E-state index in [2.05, 4.69) is 4.98 Å². The molecule has 0 N–H and O–H groups in total. The number of carbonyl (C=O) groups is 1. The van der Waals surface area contributed by atoms with Crippen LogP contribution in [-0.4, -0.2) is 17.6 Å². The first-order chi connectivity index (χ1) is 6.86. The van der Waals surface area contributed by atoms with Crippen LogP contribution in [0, 0.1) is 0 Å². The Hall–Kier alpha value is -0.900. The van der Waals surface area contributed by atoms with E-state index in [9.17, 15) is 4.79 Å². The quantitative estimate of drug-likeness (QED) is 0.710. The Labute approximate surface area is 89.5 Å². The normalized spacial score (nSPS) is 12.4. The number of thiazole rings is 1. The molecular formula is C10H15NO2S. The van der Waals surface area contributed by atoms with Gasteiger partial charge in [0.15, 0.2) is 0 Å². The molecular weight excluding hydrogens is 198 g/mol. The van der Waals surface area contributed by atoms with Gasteiger partial charge in [0.05, 0.1) is 13.7 Å². The molecule has 0 fully saturated rings. The number of hydrogen-bond acceptors (Lipinski definition) is 4. The lowest BCUT2D eigenvalue weighted by atomic mass is 9.93. The van der Waals surface area contributed by atoms with E-state index in [0.717, 1.165) is 11.3 Å². The Morgan fingerprint density at radius 3 is 2.79 bits per heavy atom. The SMILES string of the molecule is [2H]c1sc(C(=O)OCC)nc1C(C)(C)C. The highest BCUT2D eigenvalue weighted by molar-refractivity contribution is 7.11. The Morgan fingerprint density at radius 1 is 1.71 bits per heavy atom. The Bertz CT molecular complexity index is 368. The Kier molecular flexibility index (Phi) is 2.82. The van der Waals surface area contributed by atoms with Crippen LogP contribution >= 0.6 is 11.3 Å². The van der Waals surface area contributed by atoms with Crippen molar-refractivity contribution in [2.45, 2.75) is 33.1 Å². The van der Waals surface area contributed by atoms with E-state index in [0.29, 0.717) is 17.7 Å². The lowest BCUT2D eigenvalue weighted by Gasteiger charge is -2.13. The van der Waals surface area contributed by atoms with Crippen molar-refractivity contribution in [3.8, 4) is 0 Å². The van der Waals surface area contributed by atoms with Gasteiger partial charge < -0.3 is 4.74 Å². The molecule has 0 aliphatic heterocycles. The molecule has 1 rings (SSSR count). The van der Waals surface area contributed by atoms with Gasteiger partial charge in [0.2, 0.25) is 5.01 Å². The first-order valence-electron chi connectivity index (χ1n) is 5.01. The molecule has 0 saturated carbocycles. The van der Waals surface area contributed by atoms with Crippen molar-refractivity contribution >= 4 is 17.3 Å². The minimum absolute atomic E-state index is 0.210. The van der Waals surface area contributed by atoms with Gasteiger partial charge >= 0.3 is 5.97 Å². The summed E-state index contributed by atoms with van der Waals surface area (Å²) in [6.07, 6.45) is 0. The number of hydrogen-bond donors (Lipinski definition) is 0. The zero-order valence-electron chi connectivity index (χ0n) is 9.88. The van der Waals surface area contributed by atoms with Gasteiger partial charge in [0.25, 0.3) is 0 Å². The minimum atomic E-state index is -0.438. The lowest BCUT2D eigenvalue weighted by Crippen LogP contribution is -2.12. The van der Waals surface area contributed by atoms with Gasteiger partial charge in [-0.3, -0.25) is 0 Å². The van der Waals surface area contributed by atoms with Crippen molar-refractivity contribution in [3.63, 3.8) is 0 Å². The van der Waals surface area contributed by atoms with E-state index >= 15 is 0 Å². The van der Waals surface area contributed by atoms with Crippen LogP contribution < -0.4 is 0 Å². The van der Waals surface area contributed by atoms with Crippen LogP contribution in [0.4, 0.5) is 0 Å². The number of rotatable bonds is 2.